The molecule has 0 radical (unpaired) electrons. The molecule has 202 valence electrons. The highest BCUT2D eigenvalue weighted by Gasteiger charge is 2.33. The molecule has 3 aromatic rings. The first-order valence-electron chi connectivity index (χ1n) is 12.2. The number of carbonyl (C=O) groups excluding carboxylic acids is 2. The quantitative estimate of drug-likeness (QED) is 0.253. The van der Waals surface area contributed by atoms with Crippen molar-refractivity contribution in [2.24, 2.45) is 0 Å². The minimum Gasteiger partial charge on any atom is -0.494 e. The molecule has 0 unspecified atom stereocenters. The van der Waals surface area contributed by atoms with Gasteiger partial charge in [-0.05, 0) is 79.2 Å². The maximum Gasteiger partial charge on any atom is 0.270 e. The molecule has 1 fully saturated rings. The van der Waals surface area contributed by atoms with Crippen LogP contribution in [0.3, 0.4) is 0 Å². The number of thiocarbonyl (C=S) groups is 1. The van der Waals surface area contributed by atoms with E-state index in [0.29, 0.717) is 33.0 Å². The summed E-state index contributed by atoms with van der Waals surface area (Å²) in [6.07, 6.45) is 1.76. The van der Waals surface area contributed by atoms with Crippen LogP contribution in [-0.2, 0) is 9.59 Å². The van der Waals surface area contributed by atoms with Crippen molar-refractivity contribution in [3.8, 4) is 17.2 Å². The lowest BCUT2D eigenvalue weighted by Gasteiger charge is -2.17. The van der Waals surface area contributed by atoms with Gasteiger partial charge in [-0.25, -0.2) is 0 Å². The first-order valence-corrected chi connectivity index (χ1v) is 13.4. The Labute approximate surface area is 237 Å². The minimum atomic E-state index is -0.312. The average Bonchev–Trinajstić information content (AvgIpc) is 3.21. The fraction of sp³-hybridized carbons (Fsp3) is 0.207. The first kappa shape index (κ1) is 28.0. The lowest BCUT2D eigenvalue weighted by molar-refractivity contribution is -0.118. The molecular formula is C29H29N3O5S2. The number of hydrogen-bond acceptors (Lipinski definition) is 8. The van der Waals surface area contributed by atoms with Gasteiger partial charge in [0.2, 0.25) is 0 Å². The third-order valence-electron chi connectivity index (χ3n) is 5.71. The topological polar surface area (TPSA) is 80.3 Å². The smallest absolute Gasteiger partial charge is 0.270 e. The van der Waals surface area contributed by atoms with E-state index in [-0.39, 0.29) is 18.4 Å². The lowest BCUT2D eigenvalue weighted by atomic mass is 10.1. The predicted octanol–water partition coefficient (Wildman–Crippen LogP) is 5.58. The SMILES string of the molecule is CCOc1ccc(NC(=O)COc2ccc(/C=C3\SC(=S)N(c4ccc(N(C)C)cc4)C3=O)cc2OC)cc1. The van der Waals surface area contributed by atoms with Gasteiger partial charge in [0, 0.05) is 25.5 Å². The van der Waals surface area contributed by atoms with E-state index in [9.17, 15) is 9.59 Å². The summed E-state index contributed by atoms with van der Waals surface area (Å²) < 4.78 is 17.1. The zero-order chi connectivity index (χ0) is 27.9. The number of ether oxygens (including phenoxy) is 3. The van der Waals surface area contributed by atoms with Crippen molar-refractivity contribution >= 4 is 63.3 Å². The number of benzene rings is 3. The lowest BCUT2D eigenvalue weighted by Crippen LogP contribution is -2.27. The molecule has 1 aliphatic heterocycles. The van der Waals surface area contributed by atoms with Crippen LogP contribution in [0.1, 0.15) is 12.5 Å². The van der Waals surface area contributed by atoms with Gasteiger partial charge in [0.1, 0.15) is 5.75 Å². The molecule has 8 nitrogen and oxygen atoms in total. The molecule has 0 aromatic heterocycles. The van der Waals surface area contributed by atoms with Crippen molar-refractivity contribution in [1.29, 1.82) is 0 Å². The van der Waals surface area contributed by atoms with Crippen LogP contribution < -0.4 is 29.3 Å². The molecule has 3 aromatic carbocycles. The predicted molar refractivity (Wildman–Crippen MR) is 161 cm³/mol. The Bertz CT molecular complexity index is 1390. The van der Waals surface area contributed by atoms with Crippen LogP contribution in [0.15, 0.2) is 71.6 Å². The third-order valence-corrected chi connectivity index (χ3v) is 7.01. The van der Waals surface area contributed by atoms with E-state index >= 15 is 0 Å². The van der Waals surface area contributed by atoms with Gasteiger partial charge in [-0.1, -0.05) is 30.0 Å². The summed E-state index contributed by atoms with van der Waals surface area (Å²) in [5.41, 5.74) is 3.13. The fourth-order valence-corrected chi connectivity index (χ4v) is 5.08. The Morgan fingerprint density at radius 3 is 2.38 bits per heavy atom. The molecule has 0 aliphatic carbocycles. The van der Waals surface area contributed by atoms with Gasteiger partial charge in [-0.3, -0.25) is 14.5 Å². The van der Waals surface area contributed by atoms with Gasteiger partial charge in [-0.2, -0.15) is 0 Å². The molecule has 10 heteroatoms. The number of anilines is 3. The van der Waals surface area contributed by atoms with Crippen molar-refractivity contribution in [2.45, 2.75) is 6.92 Å². The summed E-state index contributed by atoms with van der Waals surface area (Å²) in [5, 5.41) is 2.78. The molecule has 0 atom stereocenters. The molecule has 0 bridgehead atoms. The summed E-state index contributed by atoms with van der Waals surface area (Å²) in [6.45, 7) is 2.28. The maximum absolute atomic E-state index is 13.2. The summed E-state index contributed by atoms with van der Waals surface area (Å²) in [4.78, 5) is 29.6. The second kappa shape index (κ2) is 12.7. The van der Waals surface area contributed by atoms with Crippen molar-refractivity contribution in [2.75, 3.05) is 49.5 Å². The van der Waals surface area contributed by atoms with Gasteiger partial charge in [0.15, 0.2) is 22.4 Å². The minimum absolute atomic E-state index is 0.187. The number of rotatable bonds is 10. The molecule has 1 aliphatic rings. The molecule has 1 saturated heterocycles. The Kier molecular flexibility index (Phi) is 9.11. The van der Waals surface area contributed by atoms with E-state index in [1.165, 1.54) is 23.8 Å². The van der Waals surface area contributed by atoms with Crippen molar-refractivity contribution in [3.05, 3.63) is 77.2 Å². The number of thioether (sulfide) groups is 1. The normalized spacial score (nSPS) is 13.9. The number of nitrogens with one attached hydrogen (secondary N) is 1. The van der Waals surface area contributed by atoms with E-state index in [4.69, 9.17) is 26.4 Å². The van der Waals surface area contributed by atoms with Gasteiger partial charge < -0.3 is 24.4 Å². The number of methoxy groups -OCH3 is 1. The molecule has 2 amide bonds. The maximum atomic E-state index is 13.2. The van der Waals surface area contributed by atoms with Crippen molar-refractivity contribution in [1.82, 2.24) is 0 Å². The Balaban J connectivity index is 1.41. The first-order chi connectivity index (χ1) is 18.8. The zero-order valence-corrected chi connectivity index (χ0v) is 23.7. The Morgan fingerprint density at radius 2 is 1.74 bits per heavy atom. The summed E-state index contributed by atoms with van der Waals surface area (Å²) in [7, 11) is 5.43. The van der Waals surface area contributed by atoms with Crippen LogP contribution in [0, 0.1) is 0 Å². The highest BCUT2D eigenvalue weighted by molar-refractivity contribution is 8.27. The Hall–Kier alpha value is -4.02. The Morgan fingerprint density at radius 1 is 1.03 bits per heavy atom. The molecule has 4 rings (SSSR count). The van der Waals surface area contributed by atoms with Gasteiger partial charge in [0.25, 0.3) is 11.8 Å². The van der Waals surface area contributed by atoms with E-state index < -0.39 is 0 Å². The second-order valence-corrected chi connectivity index (χ2v) is 10.3. The van der Waals surface area contributed by atoms with Crippen molar-refractivity contribution in [3.63, 3.8) is 0 Å². The fourth-order valence-electron chi connectivity index (χ4n) is 3.78. The zero-order valence-electron chi connectivity index (χ0n) is 22.1. The standard InChI is InChI=1S/C29H29N3O5S2/c1-5-36-23-13-7-20(8-14-23)30-27(33)18-37-24-15-6-19(16-25(24)35-4)17-26-28(34)32(29(38)39-26)22-11-9-21(10-12-22)31(2)3/h6-17H,5,18H2,1-4H3,(H,30,33)/b26-17-. The van der Waals surface area contributed by atoms with Crippen LogP contribution in [-0.4, -0.2) is 50.6 Å². The molecule has 1 heterocycles. The number of nitrogens with zero attached hydrogens (tertiary/aromatic N) is 2. The van der Waals surface area contributed by atoms with Gasteiger partial charge in [-0.15, -0.1) is 0 Å². The summed E-state index contributed by atoms with van der Waals surface area (Å²) in [5.74, 6) is 1.08. The second-order valence-electron chi connectivity index (χ2n) is 8.63. The third kappa shape index (κ3) is 6.90. The van der Waals surface area contributed by atoms with Crippen LogP contribution in [0.25, 0.3) is 6.08 Å². The molecule has 0 saturated carbocycles. The van der Waals surface area contributed by atoms with Crippen LogP contribution in [0.5, 0.6) is 17.2 Å². The number of amides is 2. The monoisotopic (exact) mass is 563 g/mol. The van der Waals surface area contributed by atoms with E-state index in [1.807, 2.05) is 50.2 Å². The molecule has 1 N–H and O–H groups in total. The molecule has 39 heavy (non-hydrogen) atoms. The van der Waals surface area contributed by atoms with Crippen LogP contribution >= 0.6 is 24.0 Å². The number of carbonyl (C=O) groups is 2. The van der Waals surface area contributed by atoms with Crippen LogP contribution in [0.2, 0.25) is 0 Å². The van der Waals surface area contributed by atoms with E-state index in [2.05, 4.69) is 5.32 Å². The van der Waals surface area contributed by atoms with Crippen LogP contribution in [0.4, 0.5) is 17.1 Å². The van der Waals surface area contributed by atoms with Crippen molar-refractivity contribution < 1.29 is 23.8 Å². The molecular weight excluding hydrogens is 534 g/mol. The largest absolute Gasteiger partial charge is 0.494 e. The number of hydrogen-bond donors (Lipinski definition) is 1. The van der Waals surface area contributed by atoms with Gasteiger partial charge in [0.05, 0.1) is 24.3 Å². The summed E-state index contributed by atoms with van der Waals surface area (Å²) >= 11 is 6.74. The summed E-state index contributed by atoms with van der Waals surface area (Å²) in [6, 6.07) is 20.0. The average molecular weight is 564 g/mol. The highest BCUT2D eigenvalue weighted by Crippen LogP contribution is 2.37. The van der Waals surface area contributed by atoms with E-state index in [0.717, 1.165) is 22.7 Å². The highest BCUT2D eigenvalue weighted by atomic mass is 32.2. The van der Waals surface area contributed by atoms with Gasteiger partial charge >= 0.3 is 0 Å². The molecule has 0 spiro atoms. The van der Waals surface area contributed by atoms with E-state index in [1.54, 1.807) is 48.5 Å².